The van der Waals surface area contributed by atoms with Gasteiger partial charge in [-0.25, -0.2) is 15.4 Å². The summed E-state index contributed by atoms with van der Waals surface area (Å²) in [7, 11) is 1.40. The van der Waals surface area contributed by atoms with E-state index in [4.69, 9.17) is 11.5 Å². The third-order valence-corrected chi connectivity index (χ3v) is 1.95. The lowest BCUT2D eigenvalue weighted by Gasteiger charge is -1.84. The average Bonchev–Trinajstić information content (AvgIpc) is 2.81. The molecule has 0 saturated carbocycles. The van der Waals surface area contributed by atoms with Crippen LogP contribution in [0.1, 0.15) is 0 Å². The van der Waals surface area contributed by atoms with Crippen LogP contribution in [0.25, 0.3) is 5.65 Å². The Hall–Kier alpha value is -2.71. The molecular formula is C12H17N7O. The van der Waals surface area contributed by atoms with Gasteiger partial charge in [0.2, 0.25) is 5.95 Å². The molecule has 0 aromatic carbocycles. The second-order valence-corrected chi connectivity index (χ2v) is 3.46. The number of nitrogen functional groups attached to an aromatic ring is 2. The van der Waals surface area contributed by atoms with E-state index in [-0.39, 0.29) is 0 Å². The first-order valence-corrected chi connectivity index (χ1v) is 5.63. The zero-order chi connectivity index (χ0) is 14.8. The number of aromatic nitrogens is 4. The minimum absolute atomic E-state index is 0.311. The highest BCUT2D eigenvalue weighted by Crippen LogP contribution is 1.99. The first kappa shape index (κ1) is 15.3. The molecular weight excluding hydrogens is 258 g/mol. The summed E-state index contributed by atoms with van der Waals surface area (Å²) in [5.41, 5.74) is 11.4. The third kappa shape index (κ3) is 5.29. The minimum atomic E-state index is 0.311. The average molecular weight is 275 g/mol. The molecule has 0 aliphatic rings. The van der Waals surface area contributed by atoms with E-state index >= 15 is 0 Å². The molecule has 0 aliphatic heterocycles. The molecule has 3 aromatic heterocycles. The SMILES string of the molecule is CON.Nc1ccccn1.Nc1nc2ccccn2n1. The van der Waals surface area contributed by atoms with E-state index in [1.807, 2.05) is 30.3 Å². The van der Waals surface area contributed by atoms with Gasteiger partial charge in [0.25, 0.3) is 0 Å². The monoisotopic (exact) mass is 275 g/mol. The zero-order valence-corrected chi connectivity index (χ0v) is 11.0. The van der Waals surface area contributed by atoms with E-state index < -0.39 is 0 Å². The number of pyridine rings is 2. The Labute approximate surface area is 116 Å². The smallest absolute Gasteiger partial charge is 0.240 e. The summed E-state index contributed by atoms with van der Waals surface area (Å²) >= 11 is 0. The fourth-order valence-electron chi connectivity index (χ4n) is 1.22. The van der Waals surface area contributed by atoms with Crippen molar-refractivity contribution in [1.82, 2.24) is 19.6 Å². The Morgan fingerprint density at radius 1 is 1.10 bits per heavy atom. The van der Waals surface area contributed by atoms with Crippen molar-refractivity contribution in [3.05, 3.63) is 48.8 Å². The van der Waals surface area contributed by atoms with Gasteiger partial charge in [0.05, 0.1) is 7.11 Å². The summed E-state index contributed by atoms with van der Waals surface area (Å²) in [4.78, 5) is 11.4. The van der Waals surface area contributed by atoms with Crippen LogP contribution in [0.2, 0.25) is 0 Å². The highest BCUT2D eigenvalue weighted by atomic mass is 16.6. The van der Waals surface area contributed by atoms with Crippen molar-refractivity contribution in [2.75, 3.05) is 18.6 Å². The molecule has 0 fully saturated rings. The fraction of sp³-hybridized carbons (Fsp3) is 0.0833. The fourth-order valence-corrected chi connectivity index (χ4v) is 1.22. The van der Waals surface area contributed by atoms with Gasteiger partial charge in [0.15, 0.2) is 5.65 Å². The van der Waals surface area contributed by atoms with Crippen LogP contribution in [0.3, 0.4) is 0 Å². The lowest BCUT2D eigenvalue weighted by atomic mass is 10.5. The second kappa shape index (κ2) is 8.40. The summed E-state index contributed by atoms with van der Waals surface area (Å²) in [5.74, 6) is 5.23. The first-order chi connectivity index (χ1) is 9.67. The summed E-state index contributed by atoms with van der Waals surface area (Å²) in [6.07, 6.45) is 3.47. The van der Waals surface area contributed by atoms with Gasteiger partial charge >= 0.3 is 0 Å². The summed E-state index contributed by atoms with van der Waals surface area (Å²) < 4.78 is 1.63. The number of rotatable bonds is 0. The van der Waals surface area contributed by atoms with Gasteiger partial charge in [-0.15, -0.1) is 5.10 Å². The minimum Gasteiger partial charge on any atom is -0.384 e. The van der Waals surface area contributed by atoms with Crippen LogP contribution in [0, 0.1) is 0 Å². The highest BCUT2D eigenvalue weighted by Gasteiger charge is 1.94. The van der Waals surface area contributed by atoms with Crippen molar-refractivity contribution < 1.29 is 4.84 Å². The van der Waals surface area contributed by atoms with Crippen LogP contribution >= 0.6 is 0 Å². The second-order valence-electron chi connectivity index (χ2n) is 3.46. The summed E-state index contributed by atoms with van der Waals surface area (Å²) in [5, 5.41) is 3.90. The van der Waals surface area contributed by atoms with Gasteiger partial charge < -0.3 is 16.3 Å². The first-order valence-electron chi connectivity index (χ1n) is 5.63. The topological polar surface area (TPSA) is 130 Å². The van der Waals surface area contributed by atoms with Gasteiger partial charge in [-0.2, -0.15) is 4.98 Å². The number of hydrogen-bond acceptors (Lipinski definition) is 7. The maximum absolute atomic E-state index is 5.35. The molecule has 0 spiro atoms. The van der Waals surface area contributed by atoms with Crippen LogP contribution in [0.15, 0.2) is 48.8 Å². The van der Waals surface area contributed by atoms with Gasteiger partial charge in [0.1, 0.15) is 5.82 Å². The van der Waals surface area contributed by atoms with Gasteiger partial charge in [-0.3, -0.25) is 0 Å². The highest BCUT2D eigenvalue weighted by molar-refractivity contribution is 5.40. The molecule has 0 unspecified atom stereocenters. The van der Waals surface area contributed by atoms with E-state index in [9.17, 15) is 0 Å². The standard InChI is InChI=1S/C6H6N4.C5H6N2.CH5NO/c7-6-8-5-3-1-2-4-10(5)9-6;6-5-3-1-2-4-7-5;1-3-2/h1-4H,(H2,7,9);1-4H,(H2,6,7);2H2,1H3. The zero-order valence-electron chi connectivity index (χ0n) is 11.0. The van der Waals surface area contributed by atoms with Gasteiger partial charge in [0, 0.05) is 12.4 Å². The molecule has 106 valence electrons. The molecule has 0 amide bonds. The molecule has 20 heavy (non-hydrogen) atoms. The Morgan fingerprint density at radius 2 is 1.80 bits per heavy atom. The van der Waals surface area contributed by atoms with Crippen molar-refractivity contribution in [2.24, 2.45) is 5.90 Å². The lowest BCUT2D eigenvalue weighted by molar-refractivity contribution is 0.206. The lowest BCUT2D eigenvalue weighted by Crippen LogP contribution is -1.87. The Morgan fingerprint density at radius 3 is 2.30 bits per heavy atom. The molecule has 3 heterocycles. The van der Waals surface area contributed by atoms with E-state index in [1.54, 1.807) is 23.0 Å². The Kier molecular flexibility index (Phi) is 6.45. The van der Waals surface area contributed by atoms with E-state index in [0.717, 1.165) is 5.65 Å². The van der Waals surface area contributed by atoms with Gasteiger partial charge in [-0.1, -0.05) is 12.1 Å². The maximum Gasteiger partial charge on any atom is 0.240 e. The van der Waals surface area contributed by atoms with Crippen molar-refractivity contribution in [3.63, 3.8) is 0 Å². The van der Waals surface area contributed by atoms with Crippen molar-refractivity contribution in [2.45, 2.75) is 0 Å². The maximum atomic E-state index is 5.35. The number of nitrogens with two attached hydrogens (primary N) is 3. The summed E-state index contributed by atoms with van der Waals surface area (Å²) in [6.45, 7) is 0. The van der Waals surface area contributed by atoms with E-state index in [2.05, 4.69) is 25.8 Å². The summed E-state index contributed by atoms with van der Waals surface area (Å²) in [6, 6.07) is 11.0. The Bertz CT molecular complexity index is 578. The van der Waals surface area contributed by atoms with E-state index in [1.165, 1.54) is 7.11 Å². The molecule has 0 atom stereocenters. The number of anilines is 2. The van der Waals surface area contributed by atoms with Crippen molar-refractivity contribution in [3.8, 4) is 0 Å². The van der Waals surface area contributed by atoms with Crippen LogP contribution in [-0.4, -0.2) is 26.7 Å². The quantitative estimate of drug-likeness (QED) is 0.508. The molecule has 8 heteroatoms. The molecule has 3 aromatic rings. The number of hydrogen-bond donors (Lipinski definition) is 3. The van der Waals surface area contributed by atoms with Crippen LogP contribution < -0.4 is 17.4 Å². The molecule has 0 aliphatic carbocycles. The Balaban J connectivity index is 0.000000176. The van der Waals surface area contributed by atoms with E-state index in [0.29, 0.717) is 11.8 Å². The number of nitrogens with zero attached hydrogens (tertiary/aromatic N) is 4. The molecule has 0 radical (unpaired) electrons. The predicted octanol–water partition coefficient (Wildman–Crippen LogP) is 0.482. The normalized spacial score (nSPS) is 9.10. The van der Waals surface area contributed by atoms with Crippen molar-refractivity contribution >= 4 is 17.4 Å². The third-order valence-electron chi connectivity index (χ3n) is 1.95. The molecule has 6 N–H and O–H groups in total. The molecule has 8 nitrogen and oxygen atoms in total. The molecule has 3 rings (SSSR count). The van der Waals surface area contributed by atoms with Crippen LogP contribution in [0.4, 0.5) is 11.8 Å². The van der Waals surface area contributed by atoms with Crippen LogP contribution in [-0.2, 0) is 4.84 Å². The predicted molar refractivity (Wildman–Crippen MR) is 77.2 cm³/mol. The van der Waals surface area contributed by atoms with Gasteiger partial charge in [-0.05, 0) is 24.3 Å². The van der Waals surface area contributed by atoms with Crippen LogP contribution in [0.5, 0.6) is 0 Å². The largest absolute Gasteiger partial charge is 0.384 e. The van der Waals surface area contributed by atoms with Crippen molar-refractivity contribution in [1.29, 1.82) is 0 Å². The molecule has 0 saturated heterocycles. The molecule has 0 bridgehead atoms. The number of fused-ring (bicyclic) bond motifs is 1.